The lowest BCUT2D eigenvalue weighted by molar-refractivity contribution is 0.590. The van der Waals surface area contributed by atoms with E-state index < -0.39 is 0 Å². The molecular formula is C56H54N2. The third-order valence-electron chi connectivity index (χ3n) is 12.5. The Labute approximate surface area is 345 Å². The summed E-state index contributed by atoms with van der Waals surface area (Å²) in [6.07, 6.45) is 0. The number of hydrogen-bond acceptors (Lipinski definition) is 2. The van der Waals surface area contributed by atoms with Crippen LogP contribution in [0.3, 0.4) is 0 Å². The molecular weight excluding hydrogens is 701 g/mol. The average Bonchev–Trinajstić information content (AvgIpc) is 3.21. The number of nitrogens with zero attached hydrogens (tertiary/aromatic N) is 2. The van der Waals surface area contributed by atoms with Gasteiger partial charge in [0, 0.05) is 39.5 Å². The summed E-state index contributed by atoms with van der Waals surface area (Å²) in [5, 5.41) is 5.25. The first-order valence-corrected chi connectivity index (χ1v) is 20.8. The van der Waals surface area contributed by atoms with Crippen molar-refractivity contribution in [2.45, 2.75) is 78.6 Å². The molecule has 0 saturated carbocycles. The Kier molecular flexibility index (Phi) is 8.89. The number of para-hydroxylation sites is 2. The Balaban J connectivity index is 1.22. The Hall–Kier alpha value is -6.12. The molecule has 58 heavy (non-hydrogen) atoms. The Morgan fingerprint density at radius 3 is 1.38 bits per heavy atom. The summed E-state index contributed by atoms with van der Waals surface area (Å²) in [5.41, 5.74) is 16.2. The second kappa shape index (κ2) is 13.8. The maximum absolute atomic E-state index is 2.46. The topological polar surface area (TPSA) is 6.48 Å². The fourth-order valence-corrected chi connectivity index (χ4v) is 9.27. The Bertz CT molecular complexity index is 2800. The molecule has 1 aliphatic carbocycles. The Morgan fingerprint density at radius 2 is 0.862 bits per heavy atom. The third-order valence-corrected chi connectivity index (χ3v) is 12.5. The van der Waals surface area contributed by atoms with Crippen LogP contribution in [-0.4, -0.2) is 0 Å². The quantitative estimate of drug-likeness (QED) is 0.156. The van der Waals surface area contributed by atoms with E-state index in [9.17, 15) is 0 Å². The third kappa shape index (κ3) is 6.27. The molecule has 0 fully saturated rings. The summed E-state index contributed by atoms with van der Waals surface area (Å²) in [6, 6.07) is 61.0. The summed E-state index contributed by atoms with van der Waals surface area (Å²) in [7, 11) is 0. The van der Waals surface area contributed by atoms with E-state index in [1.54, 1.807) is 0 Å². The molecule has 0 aliphatic heterocycles. The number of rotatable bonds is 6. The highest BCUT2D eigenvalue weighted by Gasteiger charge is 2.36. The van der Waals surface area contributed by atoms with Crippen molar-refractivity contribution < 1.29 is 0 Å². The highest BCUT2D eigenvalue weighted by Crippen LogP contribution is 2.54. The molecule has 1 aliphatic rings. The van der Waals surface area contributed by atoms with Gasteiger partial charge in [-0.15, -0.1) is 0 Å². The van der Waals surface area contributed by atoms with Crippen LogP contribution in [0.25, 0.3) is 32.7 Å². The molecule has 2 nitrogen and oxygen atoms in total. The summed E-state index contributed by atoms with van der Waals surface area (Å²) < 4.78 is 0. The molecule has 0 heterocycles. The highest BCUT2D eigenvalue weighted by molar-refractivity contribution is 6.19. The van der Waals surface area contributed by atoms with Crippen LogP contribution in [0.4, 0.5) is 34.1 Å². The van der Waals surface area contributed by atoms with Crippen LogP contribution in [0.5, 0.6) is 0 Å². The van der Waals surface area contributed by atoms with Gasteiger partial charge in [-0.25, -0.2) is 0 Å². The fraction of sp³-hybridized carbons (Fsp3) is 0.214. The van der Waals surface area contributed by atoms with Gasteiger partial charge in [0.25, 0.3) is 0 Å². The normalized spacial score (nSPS) is 13.4. The van der Waals surface area contributed by atoms with Gasteiger partial charge in [-0.2, -0.15) is 0 Å². The van der Waals surface area contributed by atoms with Gasteiger partial charge in [0.15, 0.2) is 0 Å². The summed E-state index contributed by atoms with van der Waals surface area (Å²) in [6.45, 7) is 20.8. The van der Waals surface area contributed by atoms with Crippen molar-refractivity contribution in [1.82, 2.24) is 0 Å². The molecule has 8 aromatic rings. The molecule has 0 aromatic heterocycles. The van der Waals surface area contributed by atoms with Gasteiger partial charge < -0.3 is 9.80 Å². The summed E-state index contributed by atoms with van der Waals surface area (Å²) in [4.78, 5) is 4.80. The van der Waals surface area contributed by atoms with Gasteiger partial charge >= 0.3 is 0 Å². The van der Waals surface area contributed by atoms with Crippen molar-refractivity contribution in [3.05, 3.63) is 192 Å². The maximum atomic E-state index is 2.46. The van der Waals surface area contributed by atoms with Gasteiger partial charge in [0.1, 0.15) is 0 Å². The molecule has 9 rings (SSSR count). The minimum Gasteiger partial charge on any atom is -0.310 e. The van der Waals surface area contributed by atoms with Crippen molar-refractivity contribution in [1.29, 1.82) is 0 Å². The van der Waals surface area contributed by atoms with Crippen LogP contribution in [0.15, 0.2) is 164 Å². The van der Waals surface area contributed by atoms with E-state index in [1.807, 2.05) is 0 Å². The van der Waals surface area contributed by atoms with Crippen molar-refractivity contribution in [3.8, 4) is 11.1 Å². The molecule has 0 unspecified atom stereocenters. The molecule has 0 N–H and O–H groups in total. The minimum atomic E-state index is -0.237. The van der Waals surface area contributed by atoms with Crippen LogP contribution in [0, 0.1) is 6.92 Å². The zero-order valence-corrected chi connectivity index (χ0v) is 35.5. The predicted octanol–water partition coefficient (Wildman–Crippen LogP) is 16.1. The van der Waals surface area contributed by atoms with Gasteiger partial charge in [-0.1, -0.05) is 146 Å². The Morgan fingerprint density at radius 1 is 0.397 bits per heavy atom. The van der Waals surface area contributed by atoms with E-state index in [0.717, 1.165) is 34.1 Å². The average molecular weight is 755 g/mol. The number of benzene rings is 8. The van der Waals surface area contributed by atoms with Gasteiger partial charge in [0.2, 0.25) is 0 Å². The zero-order valence-electron chi connectivity index (χ0n) is 35.5. The molecule has 0 spiro atoms. The van der Waals surface area contributed by atoms with Gasteiger partial charge in [0.05, 0.1) is 0 Å². The molecule has 0 bridgehead atoms. The second-order valence-corrected chi connectivity index (χ2v) is 18.7. The maximum Gasteiger partial charge on any atom is 0.0468 e. The van der Waals surface area contributed by atoms with Crippen molar-refractivity contribution in [2.24, 2.45) is 0 Å². The number of hydrogen-bond donors (Lipinski definition) is 0. The van der Waals surface area contributed by atoms with Crippen LogP contribution >= 0.6 is 0 Å². The lowest BCUT2D eigenvalue weighted by Crippen LogP contribution is -2.25. The number of anilines is 6. The van der Waals surface area contributed by atoms with Crippen molar-refractivity contribution in [2.75, 3.05) is 9.80 Å². The van der Waals surface area contributed by atoms with Crippen LogP contribution < -0.4 is 9.80 Å². The first kappa shape index (κ1) is 37.5. The van der Waals surface area contributed by atoms with E-state index in [4.69, 9.17) is 0 Å². The van der Waals surface area contributed by atoms with Gasteiger partial charge in [-0.05, 0) is 151 Å². The van der Waals surface area contributed by atoms with E-state index in [2.05, 4.69) is 236 Å². The lowest BCUT2D eigenvalue weighted by Gasteiger charge is -2.38. The summed E-state index contributed by atoms with van der Waals surface area (Å²) in [5.74, 6) is 0. The first-order chi connectivity index (χ1) is 27.7. The first-order valence-electron chi connectivity index (χ1n) is 20.8. The van der Waals surface area contributed by atoms with Crippen LogP contribution in [-0.2, 0) is 16.2 Å². The van der Waals surface area contributed by atoms with Crippen LogP contribution in [0.2, 0.25) is 0 Å². The molecule has 8 aromatic carbocycles. The van der Waals surface area contributed by atoms with E-state index in [0.29, 0.717) is 0 Å². The van der Waals surface area contributed by atoms with E-state index >= 15 is 0 Å². The number of aryl methyl sites for hydroxylation is 1. The van der Waals surface area contributed by atoms with Crippen LogP contribution in [0.1, 0.15) is 83.2 Å². The molecule has 0 saturated heterocycles. The molecule has 0 radical (unpaired) electrons. The van der Waals surface area contributed by atoms with Crippen molar-refractivity contribution >= 4 is 55.7 Å². The molecule has 0 amide bonds. The SMILES string of the molecule is Cc1c2c3c(cccc3c3cc(N(c4ccccc4)c4ccc(C(C)(C)C)cc4)ccc13)C(C)(C)c1cc(N(c3ccccc3)c3ccc(C(C)(C)C)cc3)ccc1-2. The lowest BCUT2D eigenvalue weighted by atomic mass is 9.67. The minimum absolute atomic E-state index is 0.0868. The smallest absolute Gasteiger partial charge is 0.0468 e. The number of fused-ring (bicyclic) bond motifs is 4. The van der Waals surface area contributed by atoms with Gasteiger partial charge in [-0.3, -0.25) is 0 Å². The van der Waals surface area contributed by atoms with Crippen molar-refractivity contribution in [3.63, 3.8) is 0 Å². The van der Waals surface area contributed by atoms with E-state index in [1.165, 1.54) is 60.5 Å². The fourth-order valence-electron chi connectivity index (χ4n) is 9.27. The monoisotopic (exact) mass is 754 g/mol. The zero-order chi connectivity index (χ0) is 40.6. The second-order valence-electron chi connectivity index (χ2n) is 18.7. The van der Waals surface area contributed by atoms with E-state index in [-0.39, 0.29) is 16.2 Å². The molecule has 2 heteroatoms. The molecule has 0 atom stereocenters. The highest BCUT2D eigenvalue weighted by atomic mass is 15.1. The standard InChI is InChI=1S/C56H54N2/c1-37-46-33-31-44(57(40-17-12-10-13-18-40)42-27-23-38(24-28-42)54(2,3)4)35-49(46)47-21-16-22-50-53(47)52(37)48-34-32-45(36-51(48)56(50,8)9)58(41-19-14-11-15-20-41)43-29-25-39(26-30-43)55(5,6)7/h10-36H,1-9H3. The largest absolute Gasteiger partial charge is 0.310 e. The molecule has 288 valence electrons. The summed E-state index contributed by atoms with van der Waals surface area (Å²) >= 11 is 0. The predicted molar refractivity (Wildman–Crippen MR) is 251 cm³/mol.